The van der Waals surface area contributed by atoms with Crippen LogP contribution in [0.1, 0.15) is 112 Å². The number of nitrogens with zero attached hydrogens (tertiary/aromatic N) is 2. The second kappa shape index (κ2) is 8.19. The Morgan fingerprint density at radius 2 is 1.38 bits per heavy atom. The van der Waals surface area contributed by atoms with Gasteiger partial charge in [-0.15, -0.1) is 0 Å². The minimum Gasteiger partial charge on any atom is -0.202 e. The van der Waals surface area contributed by atoms with E-state index in [-0.39, 0.29) is 5.41 Å². The van der Waals surface area contributed by atoms with E-state index in [0.717, 1.165) is 11.8 Å². The van der Waals surface area contributed by atoms with Crippen LogP contribution in [0.25, 0.3) is 11.9 Å². The highest BCUT2D eigenvalue weighted by molar-refractivity contribution is 5.48. The molecule has 0 atom stereocenters. The first-order valence-corrected chi connectivity index (χ1v) is 13.6. The van der Waals surface area contributed by atoms with Crippen molar-refractivity contribution in [3.8, 4) is 5.69 Å². The van der Waals surface area contributed by atoms with E-state index in [4.69, 9.17) is 0 Å². The molecule has 2 nitrogen and oxygen atoms in total. The number of hydrogen-bond donors (Lipinski definition) is 0. The molecule has 0 bridgehead atoms. The summed E-state index contributed by atoms with van der Waals surface area (Å²) < 4.78 is 5.44. The van der Waals surface area contributed by atoms with Gasteiger partial charge in [0.25, 0.3) is 5.82 Å². The number of fused-ring (bicyclic) bond motifs is 1. The van der Waals surface area contributed by atoms with Crippen molar-refractivity contribution < 1.29 is 4.57 Å². The lowest BCUT2D eigenvalue weighted by Crippen LogP contribution is -2.44. The largest absolute Gasteiger partial charge is 0.269 e. The zero-order chi connectivity index (χ0) is 21.7. The molecule has 0 unspecified atom stereocenters. The van der Waals surface area contributed by atoms with E-state index in [2.05, 4.69) is 59.5 Å². The van der Waals surface area contributed by atoms with E-state index in [0.29, 0.717) is 5.92 Å². The van der Waals surface area contributed by atoms with E-state index < -0.39 is 0 Å². The van der Waals surface area contributed by atoms with Gasteiger partial charge < -0.3 is 0 Å². The van der Waals surface area contributed by atoms with Crippen molar-refractivity contribution in [2.45, 2.75) is 109 Å². The Kier molecular flexibility index (Phi) is 5.31. The summed E-state index contributed by atoms with van der Waals surface area (Å²) in [5.41, 5.74) is 6.30. The van der Waals surface area contributed by atoms with Gasteiger partial charge in [0.1, 0.15) is 11.4 Å². The van der Waals surface area contributed by atoms with Gasteiger partial charge in [-0.3, -0.25) is 0 Å². The quantitative estimate of drug-likeness (QED) is 0.444. The maximum atomic E-state index is 2.73. The second-order valence-corrected chi connectivity index (χ2v) is 11.3. The Balaban J connectivity index is 1.60. The van der Waals surface area contributed by atoms with Crippen LogP contribution in [0.5, 0.6) is 0 Å². The fraction of sp³-hybridized carbons (Fsp3) is 0.633. The summed E-state index contributed by atoms with van der Waals surface area (Å²) in [6.07, 6.45) is 23.6. The molecule has 3 saturated carbocycles. The van der Waals surface area contributed by atoms with Crippen LogP contribution in [0.3, 0.4) is 0 Å². The van der Waals surface area contributed by atoms with Gasteiger partial charge in [0.15, 0.2) is 5.69 Å². The fourth-order valence-electron chi connectivity index (χ4n) is 8.28. The van der Waals surface area contributed by atoms with Crippen LogP contribution in [0.2, 0.25) is 0 Å². The van der Waals surface area contributed by atoms with Crippen LogP contribution in [-0.2, 0) is 5.41 Å². The van der Waals surface area contributed by atoms with Crippen LogP contribution in [0.15, 0.2) is 30.3 Å². The van der Waals surface area contributed by atoms with Crippen LogP contribution in [0.4, 0.5) is 0 Å². The average molecular weight is 430 g/mol. The fourth-order valence-corrected chi connectivity index (χ4v) is 8.28. The van der Waals surface area contributed by atoms with Gasteiger partial charge in [-0.1, -0.05) is 63.1 Å². The number of imidazole rings is 1. The van der Waals surface area contributed by atoms with Gasteiger partial charge >= 0.3 is 0 Å². The Labute approximate surface area is 194 Å². The number of aryl methyl sites for hydroxylation is 1. The third kappa shape index (κ3) is 3.01. The Hall–Kier alpha value is -1.83. The molecule has 0 amide bonds. The molecule has 0 radical (unpaired) electrons. The average Bonchev–Trinajstić information content (AvgIpc) is 3.61. The van der Waals surface area contributed by atoms with Crippen molar-refractivity contribution in [3.63, 3.8) is 0 Å². The van der Waals surface area contributed by atoms with E-state index >= 15 is 0 Å². The Bertz CT molecular complexity index is 992. The van der Waals surface area contributed by atoms with Gasteiger partial charge in [-0.2, -0.15) is 4.57 Å². The molecule has 2 aromatic rings. The minimum atomic E-state index is 0.272. The second-order valence-electron chi connectivity index (χ2n) is 11.3. The third-order valence-corrected chi connectivity index (χ3v) is 9.69. The lowest BCUT2D eigenvalue weighted by molar-refractivity contribution is -0.586. The topological polar surface area (TPSA) is 8.81 Å². The summed E-state index contributed by atoms with van der Waals surface area (Å²) in [6.45, 7) is 4.75. The highest BCUT2D eigenvalue weighted by Gasteiger charge is 2.56. The number of rotatable bonds is 4. The van der Waals surface area contributed by atoms with Crippen molar-refractivity contribution >= 4 is 6.20 Å². The monoisotopic (exact) mass is 429 g/mol. The minimum absolute atomic E-state index is 0.272. The van der Waals surface area contributed by atoms with Gasteiger partial charge in [-0.25, -0.2) is 4.57 Å². The number of aromatic nitrogens is 2. The molecule has 2 heteroatoms. The molecular formula is C30H41N2+. The molecule has 3 fully saturated rings. The lowest BCUT2D eigenvalue weighted by Gasteiger charge is -2.38. The van der Waals surface area contributed by atoms with E-state index in [1.807, 2.05) is 0 Å². The van der Waals surface area contributed by atoms with Gasteiger partial charge in [-0.05, 0) is 75.0 Å². The zero-order valence-corrected chi connectivity index (χ0v) is 20.3. The predicted octanol–water partition coefficient (Wildman–Crippen LogP) is 7.53. The number of allylic oxidation sites excluding steroid dienone is 1. The first-order valence-electron chi connectivity index (χ1n) is 13.6. The number of para-hydroxylation sites is 1. The van der Waals surface area contributed by atoms with Crippen molar-refractivity contribution in [1.82, 2.24) is 4.57 Å². The molecule has 4 aliphatic rings. The first-order chi connectivity index (χ1) is 15.7. The van der Waals surface area contributed by atoms with Gasteiger partial charge in [0.2, 0.25) is 0 Å². The molecule has 2 heterocycles. The van der Waals surface area contributed by atoms with Crippen molar-refractivity contribution in [2.24, 2.45) is 11.8 Å². The third-order valence-electron chi connectivity index (χ3n) is 9.69. The van der Waals surface area contributed by atoms with Gasteiger partial charge in [0, 0.05) is 6.92 Å². The summed E-state index contributed by atoms with van der Waals surface area (Å²) >= 11 is 0. The van der Waals surface area contributed by atoms with E-state index in [9.17, 15) is 0 Å². The van der Waals surface area contributed by atoms with Gasteiger partial charge in [0.05, 0.1) is 17.5 Å². The van der Waals surface area contributed by atoms with Crippen LogP contribution < -0.4 is 4.57 Å². The van der Waals surface area contributed by atoms with Crippen molar-refractivity contribution in [3.05, 3.63) is 53.1 Å². The molecule has 1 aromatic carbocycles. The molecule has 3 aliphatic carbocycles. The normalized spacial score (nSPS) is 23.9. The highest BCUT2D eigenvalue weighted by atomic mass is 15.2. The standard InChI is InChI=1S/C30H41N2/c1-22-12-6-11-19-27(22)32-23(2)28-30(25-15-7-8-16-25,26-17-9-10-18-26)20-21-31(28)29(32)24-13-4-3-5-14-24/h6,11-12,19-21,24-26H,3-5,7-10,13-18H2,1-2H3/q+1. The summed E-state index contributed by atoms with van der Waals surface area (Å²) in [6, 6.07) is 9.09. The maximum Gasteiger partial charge on any atom is 0.269 e. The summed E-state index contributed by atoms with van der Waals surface area (Å²) in [7, 11) is 0. The molecule has 6 rings (SSSR count). The lowest BCUT2D eigenvalue weighted by atomic mass is 9.63. The zero-order valence-electron chi connectivity index (χ0n) is 20.3. The Morgan fingerprint density at radius 1 is 0.781 bits per heavy atom. The predicted molar refractivity (Wildman–Crippen MR) is 132 cm³/mol. The van der Waals surface area contributed by atoms with E-state index in [1.165, 1.54) is 100 Å². The van der Waals surface area contributed by atoms with Crippen LogP contribution in [-0.4, -0.2) is 4.57 Å². The van der Waals surface area contributed by atoms with E-state index in [1.54, 1.807) is 11.5 Å². The summed E-state index contributed by atoms with van der Waals surface area (Å²) in [5.74, 6) is 3.94. The molecule has 1 aliphatic heterocycles. The smallest absolute Gasteiger partial charge is 0.202 e. The first kappa shape index (κ1) is 20.8. The number of benzene rings is 1. The molecule has 170 valence electrons. The number of hydrogen-bond acceptors (Lipinski definition) is 0. The molecule has 0 saturated heterocycles. The van der Waals surface area contributed by atoms with Crippen molar-refractivity contribution in [2.75, 3.05) is 0 Å². The molecule has 32 heavy (non-hydrogen) atoms. The highest BCUT2D eigenvalue weighted by Crippen LogP contribution is 2.55. The molecule has 0 spiro atoms. The van der Waals surface area contributed by atoms with Crippen molar-refractivity contribution in [1.29, 1.82) is 0 Å². The van der Waals surface area contributed by atoms with Crippen LogP contribution in [0, 0.1) is 25.7 Å². The molecule has 0 N–H and O–H groups in total. The molecule has 1 aromatic heterocycles. The molecular weight excluding hydrogens is 388 g/mol. The maximum absolute atomic E-state index is 2.73. The SMILES string of the molecule is Cc1ccccc1-n1c(C)c2[n+](c1C1CCCCC1)C=CC2(C1CCCC1)C1CCCC1. The summed E-state index contributed by atoms with van der Waals surface area (Å²) in [5, 5.41) is 0. The Morgan fingerprint density at radius 3 is 2.00 bits per heavy atom. The van der Waals surface area contributed by atoms with Crippen LogP contribution >= 0.6 is 0 Å². The summed E-state index contributed by atoms with van der Waals surface area (Å²) in [4.78, 5) is 0.